The van der Waals surface area contributed by atoms with Gasteiger partial charge in [-0.15, -0.1) is 0 Å². The molecule has 96 valence electrons. The van der Waals surface area contributed by atoms with E-state index in [2.05, 4.69) is 10.2 Å². The summed E-state index contributed by atoms with van der Waals surface area (Å²) >= 11 is 0. The molecule has 2 rings (SSSR count). The van der Waals surface area contributed by atoms with Crippen LogP contribution in [0.2, 0.25) is 0 Å². The van der Waals surface area contributed by atoms with E-state index in [4.69, 9.17) is 5.26 Å². The van der Waals surface area contributed by atoms with Gasteiger partial charge in [0.25, 0.3) is 0 Å². The van der Waals surface area contributed by atoms with Crippen LogP contribution in [0.15, 0.2) is 12.1 Å². The zero-order valence-electron chi connectivity index (χ0n) is 10.3. The lowest BCUT2D eigenvalue weighted by molar-refractivity contribution is 0.183. The molecule has 0 amide bonds. The molecule has 4 nitrogen and oxygen atoms in total. The Morgan fingerprint density at radius 2 is 2.11 bits per heavy atom. The van der Waals surface area contributed by atoms with Crippen LogP contribution in [0.25, 0.3) is 0 Å². The topological polar surface area (TPSA) is 59.3 Å². The minimum Gasteiger partial charge on any atom is -0.506 e. The number of hydrogen-bond acceptors (Lipinski definition) is 4. The van der Waals surface area contributed by atoms with E-state index < -0.39 is 5.82 Å². The molecule has 5 heteroatoms. The molecule has 0 radical (unpaired) electrons. The van der Waals surface area contributed by atoms with Gasteiger partial charge in [-0.1, -0.05) is 6.07 Å². The predicted molar refractivity (Wildman–Crippen MR) is 65.6 cm³/mol. The zero-order chi connectivity index (χ0) is 13.1. The molecule has 1 aromatic carbocycles. The van der Waals surface area contributed by atoms with Crippen molar-refractivity contribution in [1.29, 1.82) is 5.26 Å². The largest absolute Gasteiger partial charge is 0.506 e. The number of benzene rings is 1. The van der Waals surface area contributed by atoms with Crippen LogP contribution < -0.4 is 5.32 Å². The monoisotopic (exact) mass is 249 g/mol. The Morgan fingerprint density at radius 3 is 2.72 bits per heavy atom. The SMILES string of the molecule is C[C@@H](c1ccc(F)c(C#N)c1O)N1CCNCC1. The number of nitrogens with zero attached hydrogens (tertiary/aromatic N) is 2. The number of piperazine rings is 1. The van der Waals surface area contributed by atoms with Crippen molar-refractivity contribution in [2.75, 3.05) is 26.2 Å². The summed E-state index contributed by atoms with van der Waals surface area (Å²) in [7, 11) is 0. The fourth-order valence-electron chi connectivity index (χ4n) is 2.29. The first-order valence-electron chi connectivity index (χ1n) is 6.01. The van der Waals surface area contributed by atoms with E-state index in [1.807, 2.05) is 6.92 Å². The highest BCUT2D eigenvalue weighted by Gasteiger charge is 2.22. The summed E-state index contributed by atoms with van der Waals surface area (Å²) in [4.78, 5) is 2.20. The van der Waals surface area contributed by atoms with Gasteiger partial charge in [-0.3, -0.25) is 4.90 Å². The molecule has 0 unspecified atom stereocenters. The number of nitrogens with one attached hydrogen (secondary N) is 1. The first-order valence-corrected chi connectivity index (χ1v) is 6.01. The predicted octanol–water partition coefficient (Wildman–Crippen LogP) is 1.37. The lowest BCUT2D eigenvalue weighted by atomic mass is 10.0. The van der Waals surface area contributed by atoms with Crippen LogP contribution in [0.3, 0.4) is 0 Å². The van der Waals surface area contributed by atoms with Crippen molar-refractivity contribution in [3.05, 3.63) is 29.1 Å². The molecule has 2 N–H and O–H groups in total. The Bertz CT molecular complexity index is 478. The first kappa shape index (κ1) is 12.8. The van der Waals surface area contributed by atoms with E-state index in [1.54, 1.807) is 12.1 Å². The van der Waals surface area contributed by atoms with Gasteiger partial charge in [0.05, 0.1) is 0 Å². The van der Waals surface area contributed by atoms with Crippen LogP contribution in [-0.2, 0) is 0 Å². The highest BCUT2D eigenvalue weighted by molar-refractivity contribution is 5.49. The molecule has 0 bridgehead atoms. The molecular weight excluding hydrogens is 233 g/mol. The highest BCUT2D eigenvalue weighted by atomic mass is 19.1. The van der Waals surface area contributed by atoms with Gasteiger partial charge >= 0.3 is 0 Å². The second-order valence-electron chi connectivity index (χ2n) is 4.43. The van der Waals surface area contributed by atoms with Gasteiger partial charge in [-0.2, -0.15) is 5.26 Å². The first-order chi connectivity index (χ1) is 8.65. The molecule has 1 fully saturated rings. The van der Waals surface area contributed by atoms with Crippen LogP contribution in [0.1, 0.15) is 24.1 Å². The van der Waals surface area contributed by atoms with E-state index in [0.29, 0.717) is 5.56 Å². The summed E-state index contributed by atoms with van der Waals surface area (Å²) in [5.41, 5.74) is 0.337. The molecular formula is C13H16FN3O. The minimum atomic E-state index is -0.675. The molecule has 1 aromatic rings. The molecule has 0 aromatic heterocycles. The van der Waals surface area contributed by atoms with Crippen molar-refractivity contribution in [3.63, 3.8) is 0 Å². The molecule has 1 aliphatic rings. The van der Waals surface area contributed by atoms with Crippen molar-refractivity contribution in [2.24, 2.45) is 0 Å². The number of phenols is 1. The number of hydrogen-bond donors (Lipinski definition) is 2. The molecule has 1 saturated heterocycles. The molecule has 0 spiro atoms. The van der Waals surface area contributed by atoms with Gasteiger partial charge in [0.2, 0.25) is 0 Å². The summed E-state index contributed by atoms with van der Waals surface area (Å²) < 4.78 is 13.3. The normalized spacial score (nSPS) is 18.3. The van der Waals surface area contributed by atoms with Crippen molar-refractivity contribution in [3.8, 4) is 11.8 Å². The number of rotatable bonds is 2. The lowest BCUT2D eigenvalue weighted by Gasteiger charge is -2.33. The van der Waals surface area contributed by atoms with Crippen molar-refractivity contribution >= 4 is 0 Å². The van der Waals surface area contributed by atoms with Gasteiger partial charge in [0.15, 0.2) is 0 Å². The third-order valence-corrected chi connectivity index (χ3v) is 3.42. The molecule has 1 aliphatic heterocycles. The maximum atomic E-state index is 13.3. The average Bonchev–Trinajstić information content (AvgIpc) is 2.40. The Labute approximate surface area is 106 Å². The van der Waals surface area contributed by atoms with Crippen molar-refractivity contribution in [1.82, 2.24) is 10.2 Å². The third kappa shape index (κ3) is 2.30. The van der Waals surface area contributed by atoms with Gasteiger partial charge in [0, 0.05) is 37.8 Å². The second kappa shape index (κ2) is 5.34. The number of nitriles is 1. The quantitative estimate of drug-likeness (QED) is 0.831. The molecule has 0 aliphatic carbocycles. The summed E-state index contributed by atoms with van der Waals surface area (Å²) in [5.74, 6) is -0.908. The van der Waals surface area contributed by atoms with Crippen LogP contribution in [0.4, 0.5) is 4.39 Å². The van der Waals surface area contributed by atoms with Crippen LogP contribution in [0, 0.1) is 17.1 Å². The van der Waals surface area contributed by atoms with E-state index in [-0.39, 0.29) is 17.4 Å². The van der Waals surface area contributed by atoms with Crippen LogP contribution >= 0.6 is 0 Å². The number of aromatic hydroxyl groups is 1. The van der Waals surface area contributed by atoms with E-state index in [9.17, 15) is 9.50 Å². The van der Waals surface area contributed by atoms with Gasteiger partial charge in [0.1, 0.15) is 23.2 Å². The maximum absolute atomic E-state index is 13.3. The van der Waals surface area contributed by atoms with Gasteiger partial charge in [-0.05, 0) is 13.0 Å². The summed E-state index contributed by atoms with van der Waals surface area (Å²) in [6.07, 6.45) is 0. The number of halogens is 1. The molecule has 1 atom stereocenters. The fourth-order valence-corrected chi connectivity index (χ4v) is 2.29. The molecule has 0 saturated carbocycles. The Hall–Kier alpha value is -1.64. The summed E-state index contributed by atoms with van der Waals surface area (Å²) in [6.45, 7) is 5.51. The smallest absolute Gasteiger partial charge is 0.144 e. The Balaban J connectivity index is 2.30. The summed E-state index contributed by atoms with van der Waals surface area (Å²) in [6, 6.07) is 4.47. The lowest BCUT2D eigenvalue weighted by Crippen LogP contribution is -2.44. The van der Waals surface area contributed by atoms with E-state index in [0.717, 1.165) is 26.2 Å². The van der Waals surface area contributed by atoms with Crippen LogP contribution in [-0.4, -0.2) is 36.2 Å². The standard InChI is InChI=1S/C13H16FN3O/c1-9(17-6-4-16-5-7-17)10-2-3-12(14)11(8-15)13(10)18/h2-3,9,16,18H,4-7H2,1H3/t9-/m0/s1. The molecule has 1 heterocycles. The fraction of sp³-hybridized carbons (Fsp3) is 0.462. The van der Waals surface area contributed by atoms with E-state index in [1.165, 1.54) is 6.07 Å². The van der Waals surface area contributed by atoms with Gasteiger partial charge in [-0.25, -0.2) is 4.39 Å². The second-order valence-corrected chi connectivity index (χ2v) is 4.43. The van der Waals surface area contributed by atoms with Crippen LogP contribution in [0.5, 0.6) is 5.75 Å². The third-order valence-electron chi connectivity index (χ3n) is 3.42. The van der Waals surface area contributed by atoms with Crippen molar-refractivity contribution < 1.29 is 9.50 Å². The number of phenolic OH excluding ortho intramolecular Hbond substituents is 1. The van der Waals surface area contributed by atoms with E-state index >= 15 is 0 Å². The Morgan fingerprint density at radius 1 is 1.44 bits per heavy atom. The highest BCUT2D eigenvalue weighted by Crippen LogP contribution is 2.32. The maximum Gasteiger partial charge on any atom is 0.144 e. The van der Waals surface area contributed by atoms with Crippen molar-refractivity contribution in [2.45, 2.75) is 13.0 Å². The average molecular weight is 249 g/mol. The minimum absolute atomic E-state index is 0.0280. The van der Waals surface area contributed by atoms with Gasteiger partial charge < -0.3 is 10.4 Å². The summed E-state index contributed by atoms with van der Waals surface area (Å²) in [5, 5.41) is 22.1. The zero-order valence-corrected chi connectivity index (χ0v) is 10.3. The molecule has 18 heavy (non-hydrogen) atoms. The Kier molecular flexibility index (Phi) is 3.80.